The van der Waals surface area contributed by atoms with Crippen LogP contribution in [-0.4, -0.2) is 31.2 Å². The van der Waals surface area contributed by atoms with Gasteiger partial charge in [0.2, 0.25) is 0 Å². The quantitative estimate of drug-likeness (QED) is 0.794. The van der Waals surface area contributed by atoms with E-state index in [1.54, 1.807) is 12.1 Å². The number of phenols is 1. The van der Waals surface area contributed by atoms with Gasteiger partial charge in [-0.25, -0.2) is 4.68 Å². The standard InChI is InChI=1S/C10H9N3O3/c14-8-3-1-7(2-4-8)9-5-11-12-13(9)6-10(15)16/h1-5,14H,6H2,(H,15,16). The normalized spacial score (nSPS) is 10.2. The van der Waals surface area contributed by atoms with Crippen LogP contribution in [0.2, 0.25) is 0 Å². The molecular formula is C10H9N3O3. The molecule has 1 aromatic carbocycles. The number of hydrogen-bond acceptors (Lipinski definition) is 4. The highest BCUT2D eigenvalue weighted by Gasteiger charge is 2.09. The van der Waals surface area contributed by atoms with Crippen molar-refractivity contribution in [2.75, 3.05) is 0 Å². The first-order valence-corrected chi connectivity index (χ1v) is 4.56. The Hall–Kier alpha value is -2.37. The van der Waals surface area contributed by atoms with E-state index < -0.39 is 5.97 Å². The summed E-state index contributed by atoms with van der Waals surface area (Å²) >= 11 is 0. The van der Waals surface area contributed by atoms with Crippen molar-refractivity contribution in [1.82, 2.24) is 15.0 Å². The molecule has 1 aromatic heterocycles. The van der Waals surface area contributed by atoms with Gasteiger partial charge in [-0.1, -0.05) is 5.21 Å². The topological polar surface area (TPSA) is 88.2 Å². The molecule has 0 saturated carbocycles. The minimum atomic E-state index is -0.981. The van der Waals surface area contributed by atoms with Crippen LogP contribution in [0.1, 0.15) is 0 Å². The number of rotatable bonds is 3. The third kappa shape index (κ3) is 2.00. The predicted octanol–water partition coefficient (Wildman–Crippen LogP) is 0.735. The smallest absolute Gasteiger partial charge is 0.325 e. The molecule has 0 aliphatic heterocycles. The molecule has 0 radical (unpaired) electrons. The van der Waals surface area contributed by atoms with Gasteiger partial charge in [-0.2, -0.15) is 0 Å². The molecule has 0 fully saturated rings. The molecule has 6 nitrogen and oxygen atoms in total. The van der Waals surface area contributed by atoms with Crippen LogP contribution in [0.3, 0.4) is 0 Å². The lowest BCUT2D eigenvalue weighted by atomic mass is 10.1. The van der Waals surface area contributed by atoms with Crippen LogP contribution < -0.4 is 0 Å². The number of aromatic hydroxyl groups is 1. The van der Waals surface area contributed by atoms with Gasteiger partial charge in [-0.3, -0.25) is 4.79 Å². The Balaban J connectivity index is 2.36. The predicted molar refractivity (Wildman–Crippen MR) is 54.8 cm³/mol. The summed E-state index contributed by atoms with van der Waals surface area (Å²) in [7, 11) is 0. The summed E-state index contributed by atoms with van der Waals surface area (Å²) in [6, 6.07) is 6.39. The molecule has 0 aliphatic rings. The highest BCUT2D eigenvalue weighted by Crippen LogP contribution is 2.20. The first kappa shape index (κ1) is 10.2. The summed E-state index contributed by atoms with van der Waals surface area (Å²) in [5.74, 6) is -0.827. The lowest BCUT2D eigenvalue weighted by Crippen LogP contribution is -2.11. The zero-order valence-corrected chi connectivity index (χ0v) is 8.24. The Bertz CT molecular complexity index is 504. The van der Waals surface area contributed by atoms with Crippen LogP contribution in [0.5, 0.6) is 5.75 Å². The second kappa shape index (κ2) is 4.01. The minimum Gasteiger partial charge on any atom is -0.508 e. The lowest BCUT2D eigenvalue weighted by Gasteiger charge is -2.03. The van der Waals surface area contributed by atoms with Gasteiger partial charge in [0.1, 0.15) is 12.3 Å². The lowest BCUT2D eigenvalue weighted by molar-refractivity contribution is -0.137. The van der Waals surface area contributed by atoms with E-state index in [1.165, 1.54) is 23.0 Å². The van der Waals surface area contributed by atoms with E-state index in [0.717, 1.165) is 5.56 Å². The molecule has 6 heteroatoms. The van der Waals surface area contributed by atoms with E-state index >= 15 is 0 Å². The van der Waals surface area contributed by atoms with E-state index in [2.05, 4.69) is 10.3 Å². The summed E-state index contributed by atoms with van der Waals surface area (Å²) in [5, 5.41) is 25.1. The number of carbonyl (C=O) groups is 1. The fraction of sp³-hybridized carbons (Fsp3) is 0.100. The average molecular weight is 219 g/mol. The van der Waals surface area contributed by atoms with Gasteiger partial charge in [0, 0.05) is 5.56 Å². The first-order valence-electron chi connectivity index (χ1n) is 4.56. The second-order valence-electron chi connectivity index (χ2n) is 3.22. The molecule has 1 heterocycles. The molecule has 0 bridgehead atoms. The average Bonchev–Trinajstić information content (AvgIpc) is 2.66. The maximum atomic E-state index is 10.6. The van der Waals surface area contributed by atoms with Crippen molar-refractivity contribution >= 4 is 5.97 Å². The zero-order valence-electron chi connectivity index (χ0n) is 8.24. The highest BCUT2D eigenvalue weighted by molar-refractivity contribution is 5.68. The van der Waals surface area contributed by atoms with Crippen LogP contribution in [0.25, 0.3) is 11.3 Å². The number of benzene rings is 1. The Morgan fingerprint density at radius 3 is 2.62 bits per heavy atom. The summed E-state index contributed by atoms with van der Waals surface area (Å²) < 4.78 is 1.29. The number of hydrogen-bond donors (Lipinski definition) is 2. The molecule has 0 saturated heterocycles. The van der Waals surface area contributed by atoms with Crippen molar-refractivity contribution in [2.45, 2.75) is 6.54 Å². The number of phenolic OH excluding ortho intramolecular Hbond substituents is 1. The Morgan fingerprint density at radius 2 is 2.00 bits per heavy atom. The molecule has 2 N–H and O–H groups in total. The van der Waals surface area contributed by atoms with Gasteiger partial charge < -0.3 is 10.2 Å². The maximum absolute atomic E-state index is 10.6. The highest BCUT2D eigenvalue weighted by atomic mass is 16.4. The van der Waals surface area contributed by atoms with E-state index in [-0.39, 0.29) is 12.3 Å². The molecule has 16 heavy (non-hydrogen) atoms. The van der Waals surface area contributed by atoms with Crippen molar-refractivity contribution < 1.29 is 15.0 Å². The molecule has 0 spiro atoms. The van der Waals surface area contributed by atoms with E-state index in [9.17, 15) is 4.79 Å². The fourth-order valence-corrected chi connectivity index (χ4v) is 1.36. The van der Waals surface area contributed by atoms with Crippen molar-refractivity contribution in [3.8, 4) is 17.0 Å². The number of aliphatic carboxylic acids is 1. The van der Waals surface area contributed by atoms with E-state index in [4.69, 9.17) is 10.2 Å². The molecule has 2 rings (SSSR count). The SMILES string of the molecule is O=C(O)Cn1nncc1-c1ccc(O)cc1. The molecule has 0 unspecified atom stereocenters. The largest absolute Gasteiger partial charge is 0.508 e. The van der Waals surface area contributed by atoms with Gasteiger partial charge >= 0.3 is 5.97 Å². The van der Waals surface area contributed by atoms with Gasteiger partial charge in [0.05, 0.1) is 11.9 Å². The van der Waals surface area contributed by atoms with Crippen LogP contribution >= 0.6 is 0 Å². The number of carboxylic acids is 1. The Kier molecular flexibility index (Phi) is 2.55. The summed E-state index contributed by atoms with van der Waals surface area (Å²) in [6.45, 7) is -0.240. The number of carboxylic acid groups (broad SMARTS) is 1. The van der Waals surface area contributed by atoms with Crippen LogP contribution in [-0.2, 0) is 11.3 Å². The Labute approximate surface area is 90.8 Å². The molecular weight excluding hydrogens is 210 g/mol. The number of aromatic nitrogens is 3. The van der Waals surface area contributed by atoms with Crippen molar-refractivity contribution in [2.24, 2.45) is 0 Å². The molecule has 0 aliphatic carbocycles. The fourth-order valence-electron chi connectivity index (χ4n) is 1.36. The third-order valence-corrected chi connectivity index (χ3v) is 2.07. The Morgan fingerprint density at radius 1 is 1.31 bits per heavy atom. The van der Waals surface area contributed by atoms with Gasteiger partial charge in [0.15, 0.2) is 0 Å². The van der Waals surface area contributed by atoms with Crippen LogP contribution in [0, 0.1) is 0 Å². The van der Waals surface area contributed by atoms with Gasteiger partial charge in [-0.05, 0) is 24.3 Å². The van der Waals surface area contributed by atoms with E-state index in [1.807, 2.05) is 0 Å². The summed E-state index contributed by atoms with van der Waals surface area (Å²) in [4.78, 5) is 10.6. The zero-order chi connectivity index (χ0) is 11.5. The third-order valence-electron chi connectivity index (χ3n) is 2.07. The minimum absolute atomic E-state index is 0.154. The molecule has 0 atom stereocenters. The first-order chi connectivity index (χ1) is 7.66. The summed E-state index contributed by atoms with van der Waals surface area (Å²) in [6.07, 6.45) is 1.48. The van der Waals surface area contributed by atoms with E-state index in [0.29, 0.717) is 5.69 Å². The van der Waals surface area contributed by atoms with Crippen molar-refractivity contribution in [3.05, 3.63) is 30.5 Å². The number of nitrogens with zero attached hydrogens (tertiary/aromatic N) is 3. The van der Waals surface area contributed by atoms with Gasteiger partial charge in [0.25, 0.3) is 0 Å². The van der Waals surface area contributed by atoms with Crippen LogP contribution in [0.4, 0.5) is 0 Å². The van der Waals surface area contributed by atoms with Crippen LogP contribution in [0.15, 0.2) is 30.5 Å². The maximum Gasteiger partial charge on any atom is 0.325 e. The summed E-state index contributed by atoms with van der Waals surface area (Å²) in [5.41, 5.74) is 1.35. The van der Waals surface area contributed by atoms with Crippen molar-refractivity contribution in [1.29, 1.82) is 0 Å². The van der Waals surface area contributed by atoms with Crippen molar-refractivity contribution in [3.63, 3.8) is 0 Å². The monoisotopic (exact) mass is 219 g/mol. The van der Waals surface area contributed by atoms with Gasteiger partial charge in [-0.15, -0.1) is 5.10 Å². The molecule has 2 aromatic rings. The molecule has 82 valence electrons. The molecule has 0 amide bonds. The second-order valence-corrected chi connectivity index (χ2v) is 3.22.